The first-order valence-electron chi connectivity index (χ1n) is 7.11. The fourth-order valence-electron chi connectivity index (χ4n) is 3.51. The van der Waals surface area contributed by atoms with Crippen LogP contribution in [0.5, 0.6) is 0 Å². The van der Waals surface area contributed by atoms with Gasteiger partial charge in [0, 0.05) is 11.3 Å². The lowest BCUT2D eigenvalue weighted by atomic mass is 9.83. The molecule has 1 saturated carbocycles. The second kappa shape index (κ2) is 6.29. The van der Waals surface area contributed by atoms with Gasteiger partial charge in [-0.1, -0.05) is 18.6 Å². The standard InChI is InChI=1S/C15H27NS/c1-11-6-12(2)8-13(7-11)10-16-14-4-5-15(9-14)17-3/h6,11,13-16H,4-5,7-10H2,1-3H3. The van der Waals surface area contributed by atoms with E-state index in [0.29, 0.717) is 0 Å². The van der Waals surface area contributed by atoms with Gasteiger partial charge in [0.25, 0.3) is 0 Å². The Balaban J connectivity index is 1.71. The molecule has 1 nitrogen and oxygen atoms in total. The Hall–Kier alpha value is 0.0500. The normalized spacial score (nSPS) is 38.2. The van der Waals surface area contributed by atoms with Crippen molar-refractivity contribution in [2.45, 2.75) is 57.2 Å². The summed E-state index contributed by atoms with van der Waals surface area (Å²) in [7, 11) is 0. The van der Waals surface area contributed by atoms with E-state index in [0.717, 1.165) is 23.1 Å². The van der Waals surface area contributed by atoms with Gasteiger partial charge in [-0.2, -0.15) is 11.8 Å². The smallest absolute Gasteiger partial charge is 0.00781 e. The summed E-state index contributed by atoms with van der Waals surface area (Å²) in [6, 6.07) is 0.800. The molecule has 1 fully saturated rings. The van der Waals surface area contributed by atoms with E-state index >= 15 is 0 Å². The molecule has 0 aromatic heterocycles. The van der Waals surface area contributed by atoms with Crippen LogP contribution >= 0.6 is 11.8 Å². The lowest BCUT2D eigenvalue weighted by molar-refractivity contribution is 0.360. The zero-order valence-corrected chi connectivity index (χ0v) is 12.4. The van der Waals surface area contributed by atoms with Gasteiger partial charge in [-0.3, -0.25) is 0 Å². The molecule has 0 bridgehead atoms. The van der Waals surface area contributed by atoms with Crippen LogP contribution in [-0.4, -0.2) is 24.1 Å². The monoisotopic (exact) mass is 253 g/mol. The van der Waals surface area contributed by atoms with E-state index in [4.69, 9.17) is 0 Å². The van der Waals surface area contributed by atoms with Gasteiger partial charge < -0.3 is 5.32 Å². The highest BCUT2D eigenvalue weighted by atomic mass is 32.2. The Morgan fingerprint density at radius 3 is 2.82 bits per heavy atom. The highest BCUT2D eigenvalue weighted by Crippen LogP contribution is 2.30. The van der Waals surface area contributed by atoms with Crippen molar-refractivity contribution in [2.24, 2.45) is 11.8 Å². The van der Waals surface area contributed by atoms with Crippen LogP contribution in [0, 0.1) is 11.8 Å². The number of nitrogens with one attached hydrogen (secondary N) is 1. The number of hydrogen-bond donors (Lipinski definition) is 1. The quantitative estimate of drug-likeness (QED) is 0.764. The average Bonchev–Trinajstić information content (AvgIpc) is 2.73. The fourth-order valence-corrected chi connectivity index (χ4v) is 4.31. The Morgan fingerprint density at radius 1 is 1.35 bits per heavy atom. The molecule has 98 valence electrons. The van der Waals surface area contributed by atoms with Crippen LogP contribution in [0.1, 0.15) is 46.0 Å². The van der Waals surface area contributed by atoms with Gasteiger partial charge in [0.1, 0.15) is 0 Å². The zero-order chi connectivity index (χ0) is 12.3. The molecule has 0 aromatic carbocycles. The maximum atomic E-state index is 3.82. The van der Waals surface area contributed by atoms with Crippen LogP contribution in [0.15, 0.2) is 11.6 Å². The van der Waals surface area contributed by atoms with Crippen molar-refractivity contribution < 1.29 is 0 Å². The minimum Gasteiger partial charge on any atom is -0.314 e. The molecule has 2 heteroatoms. The first-order chi connectivity index (χ1) is 8.17. The molecule has 2 aliphatic carbocycles. The number of allylic oxidation sites excluding steroid dienone is 2. The third kappa shape index (κ3) is 4.03. The Kier molecular flexibility index (Phi) is 4.98. The average molecular weight is 253 g/mol. The van der Waals surface area contributed by atoms with Crippen molar-refractivity contribution in [1.29, 1.82) is 0 Å². The summed E-state index contributed by atoms with van der Waals surface area (Å²) in [6.07, 6.45) is 11.6. The third-order valence-corrected chi connectivity index (χ3v) is 5.39. The first-order valence-corrected chi connectivity index (χ1v) is 8.39. The molecule has 0 saturated heterocycles. The summed E-state index contributed by atoms with van der Waals surface area (Å²) in [5.74, 6) is 1.67. The molecule has 4 atom stereocenters. The van der Waals surface area contributed by atoms with Gasteiger partial charge in [0.05, 0.1) is 0 Å². The third-order valence-electron chi connectivity index (χ3n) is 4.30. The molecule has 0 amide bonds. The Morgan fingerprint density at radius 2 is 2.18 bits per heavy atom. The van der Waals surface area contributed by atoms with Crippen molar-refractivity contribution in [1.82, 2.24) is 5.32 Å². The van der Waals surface area contributed by atoms with E-state index in [9.17, 15) is 0 Å². The Labute approximate surface area is 111 Å². The highest BCUT2D eigenvalue weighted by molar-refractivity contribution is 7.99. The molecule has 0 aliphatic heterocycles. The highest BCUT2D eigenvalue weighted by Gasteiger charge is 2.25. The molecular weight excluding hydrogens is 226 g/mol. The lowest BCUT2D eigenvalue weighted by Gasteiger charge is -2.27. The molecule has 0 spiro atoms. The minimum absolute atomic E-state index is 0.790. The van der Waals surface area contributed by atoms with Gasteiger partial charge in [-0.25, -0.2) is 0 Å². The molecule has 2 rings (SSSR count). The van der Waals surface area contributed by atoms with Crippen molar-refractivity contribution in [3.63, 3.8) is 0 Å². The lowest BCUT2D eigenvalue weighted by Crippen LogP contribution is -2.33. The van der Waals surface area contributed by atoms with Crippen molar-refractivity contribution >= 4 is 11.8 Å². The first kappa shape index (κ1) is 13.5. The van der Waals surface area contributed by atoms with Gasteiger partial charge in [-0.05, 0) is 63.7 Å². The van der Waals surface area contributed by atoms with Crippen LogP contribution < -0.4 is 5.32 Å². The van der Waals surface area contributed by atoms with Crippen LogP contribution in [0.4, 0.5) is 0 Å². The molecule has 2 aliphatic rings. The van der Waals surface area contributed by atoms with Gasteiger partial charge >= 0.3 is 0 Å². The topological polar surface area (TPSA) is 12.0 Å². The molecule has 0 aromatic rings. The fraction of sp³-hybridized carbons (Fsp3) is 0.867. The summed E-state index contributed by atoms with van der Waals surface area (Å²) >= 11 is 2.05. The van der Waals surface area contributed by atoms with Gasteiger partial charge in [0.2, 0.25) is 0 Å². The second-order valence-corrected chi connectivity index (χ2v) is 7.21. The number of thioether (sulfide) groups is 1. The van der Waals surface area contributed by atoms with E-state index in [1.165, 1.54) is 38.6 Å². The van der Waals surface area contributed by atoms with Crippen molar-refractivity contribution in [3.8, 4) is 0 Å². The summed E-state index contributed by atoms with van der Waals surface area (Å²) in [6.45, 7) is 5.89. The van der Waals surface area contributed by atoms with Crippen LogP contribution in [0.2, 0.25) is 0 Å². The summed E-state index contributed by atoms with van der Waals surface area (Å²) in [5.41, 5.74) is 1.60. The van der Waals surface area contributed by atoms with Crippen molar-refractivity contribution in [3.05, 3.63) is 11.6 Å². The molecule has 17 heavy (non-hydrogen) atoms. The summed E-state index contributed by atoms with van der Waals surface area (Å²) < 4.78 is 0. The summed E-state index contributed by atoms with van der Waals surface area (Å²) in [5, 5.41) is 4.73. The molecule has 4 unspecified atom stereocenters. The minimum atomic E-state index is 0.790. The SMILES string of the molecule is CSC1CCC(NCC2CC(C)=CC(C)C2)C1. The van der Waals surface area contributed by atoms with Gasteiger partial charge in [0.15, 0.2) is 0 Å². The van der Waals surface area contributed by atoms with E-state index < -0.39 is 0 Å². The maximum Gasteiger partial charge on any atom is 0.00781 e. The number of hydrogen-bond acceptors (Lipinski definition) is 2. The Bertz CT molecular complexity index is 274. The van der Waals surface area contributed by atoms with Crippen LogP contribution in [-0.2, 0) is 0 Å². The molecule has 1 N–H and O–H groups in total. The van der Waals surface area contributed by atoms with Crippen LogP contribution in [0.25, 0.3) is 0 Å². The van der Waals surface area contributed by atoms with Crippen LogP contribution in [0.3, 0.4) is 0 Å². The van der Waals surface area contributed by atoms with E-state index in [-0.39, 0.29) is 0 Å². The maximum absolute atomic E-state index is 3.82. The number of rotatable bonds is 4. The van der Waals surface area contributed by atoms with Gasteiger partial charge in [-0.15, -0.1) is 0 Å². The molecule has 0 heterocycles. The predicted molar refractivity (Wildman–Crippen MR) is 78.6 cm³/mol. The zero-order valence-electron chi connectivity index (χ0n) is 11.5. The molecule has 0 radical (unpaired) electrons. The summed E-state index contributed by atoms with van der Waals surface area (Å²) in [4.78, 5) is 0. The van der Waals surface area contributed by atoms with E-state index in [1.807, 2.05) is 11.8 Å². The predicted octanol–water partition coefficient (Wildman–Crippen LogP) is 3.85. The molecular formula is C15H27NS. The second-order valence-electron chi connectivity index (χ2n) is 6.07. The van der Waals surface area contributed by atoms with E-state index in [1.54, 1.807) is 5.57 Å². The van der Waals surface area contributed by atoms with Crippen molar-refractivity contribution in [2.75, 3.05) is 12.8 Å². The van der Waals surface area contributed by atoms with E-state index in [2.05, 4.69) is 31.5 Å². The largest absolute Gasteiger partial charge is 0.314 e.